The van der Waals surface area contributed by atoms with Crippen molar-refractivity contribution >= 4 is 88.0 Å². The van der Waals surface area contributed by atoms with Crippen LogP contribution in [0.2, 0.25) is 0 Å². The zero-order chi connectivity index (χ0) is 68.9. The molecule has 514 valence electrons. The van der Waals surface area contributed by atoms with Gasteiger partial charge in [-0.25, -0.2) is 0 Å². The first-order chi connectivity index (χ1) is 45.5. The lowest BCUT2D eigenvalue weighted by Crippen LogP contribution is -2.68. The molecular formula is C65H89N15O15. The third-order valence-electron chi connectivity index (χ3n) is 16.4. The highest BCUT2D eigenvalue weighted by Gasteiger charge is 2.43. The summed E-state index contributed by atoms with van der Waals surface area (Å²) in [5.74, 6) is -7.52. The maximum atomic E-state index is 14.9. The summed E-state index contributed by atoms with van der Waals surface area (Å²) in [5, 5.41) is 70.3. The second kappa shape index (κ2) is 37.9. The van der Waals surface area contributed by atoms with Crippen LogP contribution >= 0.6 is 0 Å². The van der Waals surface area contributed by atoms with Gasteiger partial charge in [0.25, 0.3) is 5.91 Å². The molecule has 1 unspecified atom stereocenters. The van der Waals surface area contributed by atoms with E-state index in [1.165, 1.54) is 36.2 Å². The summed E-state index contributed by atoms with van der Waals surface area (Å²) >= 11 is 0. The molecule has 30 heteroatoms. The molecule has 6 rings (SSSR count). The maximum Gasteiger partial charge on any atom is 0.317 e. The number of aromatic hydroxyl groups is 1. The standard InChI is InChI=1S/C65H89N15O15/c1-76-53(63(95)73-51(11-7-26-70-64(66)67)62(94)74-52(36-45-14-17-46-9-4-5-10-48(46)35-45)61(93)71-38-55(84)75-65(76,43-81)37-44-15-22-50(82)23-16-44)12-8-25-69-60(92)47-18-20-49(21-19-47)72-54(83)13-3-2-6-24-68-56(85)39-77-27-29-78(40-57(86)87)31-33-80(42-59(90)91)34-32-79(30-28-77)41-58(88)89/h4-5,9-10,14-23,35,43,51-53,82H,2-3,6-8,11-13,24-34,36-42H2,1H3,(H,68,85)(H,69,92)(H,71,93)(H,72,83)(H,73,95)(H,74,94)(H,75,84)(H,86,87)(H,88,89)(H,90,91)(H4,66,67,70)/t51-,52-,53?,65+/m0/s1. The molecule has 4 aromatic carbocycles. The zero-order valence-electron chi connectivity index (χ0n) is 53.4. The van der Waals surface area contributed by atoms with Crippen molar-refractivity contribution in [3.8, 4) is 5.75 Å². The number of carbonyl (C=O) groups excluding carboxylic acids is 8. The number of nitrogens with zero attached hydrogens (tertiary/aromatic N) is 5. The van der Waals surface area contributed by atoms with E-state index in [0.717, 1.165) is 10.8 Å². The molecule has 2 fully saturated rings. The number of phenols is 1. The Morgan fingerprint density at radius 1 is 0.611 bits per heavy atom. The van der Waals surface area contributed by atoms with Crippen molar-refractivity contribution < 1.29 is 73.2 Å². The molecule has 7 amide bonds. The first kappa shape index (κ1) is 74.4. The maximum absolute atomic E-state index is 14.9. The zero-order valence-corrected chi connectivity index (χ0v) is 53.4. The van der Waals surface area contributed by atoms with Gasteiger partial charge in [-0.05, 0) is 104 Å². The number of hydrogen-bond acceptors (Lipinski definition) is 18. The molecule has 0 spiro atoms. The Balaban J connectivity index is 1.04. The molecule has 2 aliphatic heterocycles. The van der Waals surface area contributed by atoms with Crippen LogP contribution in [-0.2, 0) is 60.8 Å². The molecule has 0 aliphatic carbocycles. The Labute approximate surface area is 550 Å². The van der Waals surface area contributed by atoms with Crippen molar-refractivity contribution in [3.63, 3.8) is 0 Å². The van der Waals surface area contributed by atoms with E-state index in [1.54, 1.807) is 39.0 Å². The number of unbranched alkanes of at least 4 members (excludes halogenated alkanes) is 2. The number of carbonyl (C=O) groups is 11. The van der Waals surface area contributed by atoms with E-state index in [0.29, 0.717) is 62.0 Å². The van der Waals surface area contributed by atoms with E-state index in [-0.39, 0.29) is 153 Å². The van der Waals surface area contributed by atoms with Crippen LogP contribution in [-0.4, -0.2) is 252 Å². The number of carboxylic acid groups (broad SMARTS) is 3. The fourth-order valence-corrected chi connectivity index (χ4v) is 11.2. The van der Waals surface area contributed by atoms with Crippen LogP contribution in [0.3, 0.4) is 0 Å². The lowest BCUT2D eigenvalue weighted by molar-refractivity contribution is -0.141. The third-order valence-corrected chi connectivity index (χ3v) is 16.4. The number of nitrogens with one attached hydrogen (secondary N) is 9. The van der Waals surface area contributed by atoms with Gasteiger partial charge >= 0.3 is 17.9 Å². The number of fused-ring (bicyclic) bond motifs is 1. The predicted molar refractivity (Wildman–Crippen MR) is 351 cm³/mol. The number of guanidine groups is 1. The topological polar surface area (TPSA) is 431 Å². The number of aliphatic carboxylic acids is 3. The quantitative estimate of drug-likeness (QED) is 0.0138. The Hall–Kier alpha value is -9.62. The number of likely N-dealkylation sites (N-methyl/N-ethyl adjacent to an activating group) is 1. The minimum Gasteiger partial charge on any atom is -0.508 e. The van der Waals surface area contributed by atoms with Gasteiger partial charge in [0.2, 0.25) is 35.4 Å². The summed E-state index contributed by atoms with van der Waals surface area (Å²) in [6.07, 6.45) is 2.43. The summed E-state index contributed by atoms with van der Waals surface area (Å²) < 4.78 is 0. The molecular weight excluding hydrogens is 1230 g/mol. The van der Waals surface area contributed by atoms with Gasteiger partial charge in [-0.1, -0.05) is 61.0 Å². The fourth-order valence-electron chi connectivity index (χ4n) is 11.2. The van der Waals surface area contributed by atoms with Gasteiger partial charge in [-0.15, -0.1) is 0 Å². The number of anilines is 1. The number of benzene rings is 4. The summed E-state index contributed by atoms with van der Waals surface area (Å²) in [6.45, 7) is 1.15. The number of amides is 7. The summed E-state index contributed by atoms with van der Waals surface area (Å²) in [7, 11) is 1.45. The molecule has 4 atom stereocenters. The largest absolute Gasteiger partial charge is 0.508 e. The normalized spacial score (nSPS) is 19.6. The second-order valence-electron chi connectivity index (χ2n) is 23.7. The second-order valence-corrected chi connectivity index (χ2v) is 23.7. The van der Waals surface area contributed by atoms with Crippen LogP contribution < -0.4 is 48.3 Å². The average molecular weight is 1320 g/mol. The minimum absolute atomic E-state index is 0.00132. The van der Waals surface area contributed by atoms with Crippen molar-refractivity contribution in [2.75, 3.05) is 117 Å². The van der Waals surface area contributed by atoms with E-state index in [9.17, 15) is 73.2 Å². The molecule has 95 heavy (non-hydrogen) atoms. The summed E-state index contributed by atoms with van der Waals surface area (Å²) in [5.41, 5.74) is 5.42. The van der Waals surface area contributed by atoms with Gasteiger partial charge in [-0.2, -0.15) is 0 Å². The van der Waals surface area contributed by atoms with E-state index < -0.39 is 77.8 Å². The summed E-state index contributed by atoms with van der Waals surface area (Å²) in [6, 6.07) is 21.5. The van der Waals surface area contributed by atoms with Crippen LogP contribution in [0.1, 0.15) is 72.9 Å². The summed E-state index contributed by atoms with van der Waals surface area (Å²) in [4.78, 5) is 154. The Bertz CT molecular complexity index is 3270. The van der Waals surface area contributed by atoms with Gasteiger partial charge in [-0.3, -0.25) is 82.6 Å². The average Bonchev–Trinajstić information content (AvgIpc) is 0.806. The molecule has 0 saturated carbocycles. The molecule has 2 saturated heterocycles. The van der Waals surface area contributed by atoms with Crippen molar-refractivity contribution in [2.45, 2.75) is 88.0 Å². The first-order valence-corrected chi connectivity index (χ1v) is 31.7. The van der Waals surface area contributed by atoms with E-state index in [1.807, 2.05) is 47.4 Å². The minimum atomic E-state index is -1.97. The highest BCUT2D eigenvalue weighted by Crippen LogP contribution is 2.24. The Kier molecular flexibility index (Phi) is 29.7. The lowest BCUT2D eigenvalue weighted by Gasteiger charge is -2.42. The van der Waals surface area contributed by atoms with E-state index in [4.69, 9.17) is 11.1 Å². The predicted octanol–water partition coefficient (Wildman–Crippen LogP) is -0.694. The van der Waals surface area contributed by atoms with E-state index in [2.05, 4.69) is 42.5 Å². The van der Waals surface area contributed by atoms with E-state index >= 15 is 0 Å². The highest BCUT2D eigenvalue weighted by molar-refractivity contribution is 5.97. The van der Waals surface area contributed by atoms with Crippen LogP contribution in [0.4, 0.5) is 5.69 Å². The number of rotatable bonds is 29. The number of phenolic OH excluding ortho intramolecular Hbond substituents is 1. The molecule has 2 aliphatic rings. The van der Waals surface area contributed by atoms with Gasteiger partial charge < -0.3 is 68.7 Å². The first-order valence-electron chi connectivity index (χ1n) is 31.7. The van der Waals surface area contributed by atoms with Gasteiger partial charge in [0.1, 0.15) is 17.8 Å². The molecule has 0 bridgehead atoms. The number of hydrogen-bond donors (Lipinski definition) is 14. The highest BCUT2D eigenvalue weighted by atomic mass is 16.4. The molecule has 4 aromatic rings. The lowest BCUT2D eigenvalue weighted by atomic mass is 9.95. The van der Waals surface area contributed by atoms with Crippen molar-refractivity contribution in [2.24, 2.45) is 5.73 Å². The SMILES string of the molecule is CN1C(CCCNC(=O)c2ccc(NC(=O)CCCCCNC(=O)CN3CCN(CC(=O)O)CCN(CC(=O)O)CCN(CC(=O)O)CC3)cc2)C(=O)N[C@@H](CCCNC(=N)N)C(=O)N[C@@H](Cc2ccc3ccccc3c2)C(=O)NCC(=O)N[C@]1(C=O)Cc1ccc(O)cc1. The molecule has 15 N–H and O–H groups in total. The Morgan fingerprint density at radius 2 is 1.16 bits per heavy atom. The number of nitrogens with two attached hydrogens (primary N) is 1. The van der Waals surface area contributed by atoms with Crippen LogP contribution in [0, 0.1) is 5.41 Å². The van der Waals surface area contributed by atoms with Crippen molar-refractivity contribution in [1.82, 2.24) is 61.7 Å². The molecule has 30 nitrogen and oxygen atoms in total. The monoisotopic (exact) mass is 1320 g/mol. The van der Waals surface area contributed by atoms with Gasteiger partial charge in [0, 0.05) is 103 Å². The van der Waals surface area contributed by atoms with Crippen LogP contribution in [0.25, 0.3) is 10.8 Å². The molecule has 2 heterocycles. The van der Waals surface area contributed by atoms with Crippen LogP contribution in [0.5, 0.6) is 5.75 Å². The number of aldehydes is 1. The van der Waals surface area contributed by atoms with Crippen LogP contribution in [0.15, 0.2) is 91.0 Å². The number of carboxylic acids is 3. The fraction of sp³-hybridized carbons (Fsp3) is 0.477. The Morgan fingerprint density at radius 3 is 1.75 bits per heavy atom. The molecule has 0 aromatic heterocycles. The van der Waals surface area contributed by atoms with Gasteiger partial charge in [0.05, 0.1) is 38.8 Å². The van der Waals surface area contributed by atoms with Crippen molar-refractivity contribution in [1.29, 1.82) is 5.41 Å². The molecule has 0 radical (unpaired) electrons. The van der Waals surface area contributed by atoms with Crippen molar-refractivity contribution in [3.05, 3.63) is 108 Å². The third kappa shape index (κ3) is 25.7. The van der Waals surface area contributed by atoms with Gasteiger partial charge in [0.15, 0.2) is 17.9 Å². The smallest absolute Gasteiger partial charge is 0.317 e.